The van der Waals surface area contributed by atoms with Crippen LogP contribution in [-0.4, -0.2) is 17.0 Å². The predicted molar refractivity (Wildman–Crippen MR) is 96.4 cm³/mol. The van der Waals surface area contributed by atoms with Gasteiger partial charge in [-0.25, -0.2) is 13.6 Å². The Hall–Kier alpha value is -3.26. The molecular formula is C19H13F2NO4S. The molecule has 0 aliphatic rings. The van der Waals surface area contributed by atoms with Crippen LogP contribution in [0.2, 0.25) is 0 Å². The molecule has 3 aromatic rings. The number of hydrogen-bond acceptors (Lipinski definition) is 4. The number of ether oxygens (including phenoxy) is 1. The van der Waals surface area contributed by atoms with E-state index in [0.29, 0.717) is 11.8 Å². The predicted octanol–water partition coefficient (Wildman–Crippen LogP) is 4.56. The summed E-state index contributed by atoms with van der Waals surface area (Å²) in [5.41, 5.74) is -0.639. The molecule has 1 heterocycles. The summed E-state index contributed by atoms with van der Waals surface area (Å²) in [6.45, 7) is 0.281. The van der Waals surface area contributed by atoms with Gasteiger partial charge in [0.2, 0.25) is 0 Å². The standard InChI is InChI=1S/C19H13F2NO4S/c20-11-3-5-14(16(21)8-11)18(23)22-17-6-4-12(9-15(17)19(24)25)26-10-13-2-1-7-27-13/h1-9H,10H2,(H,22,23)(H,24,25). The van der Waals surface area contributed by atoms with Crippen molar-refractivity contribution < 1.29 is 28.2 Å². The molecule has 0 aliphatic carbocycles. The third kappa shape index (κ3) is 4.48. The largest absolute Gasteiger partial charge is 0.488 e. The number of halogens is 2. The van der Waals surface area contributed by atoms with Gasteiger partial charge in [0.05, 0.1) is 16.8 Å². The quantitative estimate of drug-likeness (QED) is 0.648. The Morgan fingerprint density at radius 3 is 2.56 bits per heavy atom. The van der Waals surface area contributed by atoms with Gasteiger partial charge in [-0.15, -0.1) is 11.3 Å². The second-order valence-corrected chi connectivity index (χ2v) is 6.49. The van der Waals surface area contributed by atoms with Crippen LogP contribution in [0, 0.1) is 11.6 Å². The molecule has 0 aliphatic heterocycles. The highest BCUT2D eigenvalue weighted by Gasteiger charge is 2.17. The van der Waals surface area contributed by atoms with Crippen molar-refractivity contribution in [2.45, 2.75) is 6.61 Å². The van der Waals surface area contributed by atoms with Crippen LogP contribution in [0.5, 0.6) is 5.75 Å². The van der Waals surface area contributed by atoms with Crippen molar-refractivity contribution in [1.82, 2.24) is 0 Å². The SMILES string of the molecule is O=C(Nc1ccc(OCc2cccs2)cc1C(=O)O)c1ccc(F)cc1F. The molecule has 0 atom stereocenters. The number of rotatable bonds is 6. The summed E-state index contributed by atoms with van der Waals surface area (Å²) >= 11 is 1.50. The van der Waals surface area contributed by atoms with Crippen LogP contribution in [0.3, 0.4) is 0 Å². The average molecular weight is 389 g/mol. The van der Waals surface area contributed by atoms with Crippen LogP contribution in [0.25, 0.3) is 0 Å². The van der Waals surface area contributed by atoms with Crippen LogP contribution in [0.1, 0.15) is 25.6 Å². The number of hydrogen-bond donors (Lipinski definition) is 2. The topological polar surface area (TPSA) is 75.6 Å². The van der Waals surface area contributed by atoms with Crippen molar-refractivity contribution >= 4 is 28.9 Å². The Kier molecular flexibility index (Phi) is 5.46. The van der Waals surface area contributed by atoms with Crippen LogP contribution in [0.4, 0.5) is 14.5 Å². The lowest BCUT2D eigenvalue weighted by molar-refractivity contribution is 0.0697. The first-order valence-electron chi connectivity index (χ1n) is 7.73. The second kappa shape index (κ2) is 7.96. The molecule has 5 nitrogen and oxygen atoms in total. The molecule has 8 heteroatoms. The van der Waals surface area contributed by atoms with Gasteiger partial charge in [-0.2, -0.15) is 0 Å². The van der Waals surface area contributed by atoms with Crippen LogP contribution < -0.4 is 10.1 Å². The summed E-state index contributed by atoms with van der Waals surface area (Å²) in [4.78, 5) is 24.7. The van der Waals surface area contributed by atoms with E-state index < -0.39 is 29.1 Å². The van der Waals surface area contributed by atoms with E-state index in [9.17, 15) is 23.5 Å². The molecule has 0 saturated carbocycles. The van der Waals surface area contributed by atoms with Crippen LogP contribution >= 0.6 is 11.3 Å². The maximum absolute atomic E-state index is 13.7. The van der Waals surface area contributed by atoms with Gasteiger partial charge in [-0.3, -0.25) is 4.79 Å². The summed E-state index contributed by atoms with van der Waals surface area (Å²) in [5.74, 6) is -3.72. The molecule has 0 unspecified atom stereocenters. The van der Waals surface area contributed by atoms with E-state index in [2.05, 4.69) is 5.32 Å². The van der Waals surface area contributed by atoms with Crippen molar-refractivity contribution in [3.63, 3.8) is 0 Å². The minimum absolute atomic E-state index is 0.0281. The van der Waals surface area contributed by atoms with Gasteiger partial charge in [0.1, 0.15) is 24.0 Å². The highest BCUT2D eigenvalue weighted by Crippen LogP contribution is 2.24. The molecule has 3 rings (SSSR count). The van der Waals surface area contributed by atoms with Gasteiger partial charge >= 0.3 is 5.97 Å². The first-order valence-corrected chi connectivity index (χ1v) is 8.61. The Bertz CT molecular complexity index is 989. The summed E-state index contributed by atoms with van der Waals surface area (Å²) in [5, 5.41) is 13.6. The molecule has 1 aromatic heterocycles. The Morgan fingerprint density at radius 1 is 1.07 bits per heavy atom. The van der Waals surface area contributed by atoms with Crippen LogP contribution in [-0.2, 0) is 6.61 Å². The van der Waals surface area contributed by atoms with Crippen molar-refractivity contribution in [1.29, 1.82) is 0 Å². The van der Waals surface area contributed by atoms with Crippen LogP contribution in [0.15, 0.2) is 53.9 Å². The zero-order valence-electron chi connectivity index (χ0n) is 13.7. The zero-order chi connectivity index (χ0) is 19.4. The lowest BCUT2D eigenvalue weighted by atomic mass is 10.1. The Balaban J connectivity index is 1.80. The van der Waals surface area contributed by atoms with E-state index >= 15 is 0 Å². The minimum atomic E-state index is -1.29. The van der Waals surface area contributed by atoms with E-state index in [1.807, 2.05) is 17.5 Å². The van der Waals surface area contributed by atoms with Crippen molar-refractivity contribution in [2.75, 3.05) is 5.32 Å². The van der Waals surface area contributed by atoms with Gasteiger partial charge in [-0.1, -0.05) is 6.07 Å². The van der Waals surface area contributed by atoms with Crippen molar-refractivity contribution in [3.05, 3.63) is 81.5 Å². The molecule has 0 bridgehead atoms. The van der Waals surface area contributed by atoms with Crippen molar-refractivity contribution in [2.24, 2.45) is 0 Å². The fourth-order valence-corrected chi connectivity index (χ4v) is 2.93. The highest BCUT2D eigenvalue weighted by molar-refractivity contribution is 7.09. The summed E-state index contributed by atoms with van der Waals surface area (Å²) in [6, 6.07) is 10.4. The number of thiophene rings is 1. The number of amides is 1. The second-order valence-electron chi connectivity index (χ2n) is 5.46. The molecule has 0 saturated heterocycles. The summed E-state index contributed by atoms with van der Waals surface area (Å²) in [6.07, 6.45) is 0. The smallest absolute Gasteiger partial charge is 0.337 e. The van der Waals surface area contributed by atoms with E-state index in [0.717, 1.165) is 17.0 Å². The third-order valence-electron chi connectivity index (χ3n) is 3.61. The third-order valence-corrected chi connectivity index (χ3v) is 4.46. The minimum Gasteiger partial charge on any atom is -0.488 e. The van der Waals surface area contributed by atoms with Gasteiger partial charge in [0.15, 0.2) is 0 Å². The summed E-state index contributed by atoms with van der Waals surface area (Å²) in [7, 11) is 0. The number of benzene rings is 2. The van der Waals surface area contributed by atoms with E-state index in [1.165, 1.54) is 29.5 Å². The van der Waals surface area contributed by atoms with Gasteiger partial charge < -0.3 is 15.2 Å². The molecular weight excluding hydrogens is 376 g/mol. The molecule has 2 aromatic carbocycles. The molecule has 0 radical (unpaired) electrons. The molecule has 27 heavy (non-hydrogen) atoms. The fourth-order valence-electron chi connectivity index (χ4n) is 2.31. The lowest BCUT2D eigenvalue weighted by Crippen LogP contribution is -2.16. The molecule has 2 N–H and O–H groups in total. The Morgan fingerprint density at radius 2 is 1.89 bits per heavy atom. The molecule has 0 fully saturated rings. The number of anilines is 1. The van der Waals surface area contributed by atoms with Gasteiger partial charge in [0, 0.05) is 10.9 Å². The number of carbonyl (C=O) groups is 2. The van der Waals surface area contributed by atoms with Gasteiger partial charge in [0.25, 0.3) is 5.91 Å². The van der Waals surface area contributed by atoms with E-state index in [4.69, 9.17) is 4.74 Å². The average Bonchev–Trinajstić information content (AvgIpc) is 3.14. The molecule has 0 spiro atoms. The fraction of sp³-hybridized carbons (Fsp3) is 0.0526. The first-order chi connectivity index (χ1) is 12.9. The molecule has 1 amide bonds. The van der Waals surface area contributed by atoms with Crippen molar-refractivity contribution in [3.8, 4) is 5.75 Å². The lowest BCUT2D eigenvalue weighted by Gasteiger charge is -2.11. The first kappa shape index (κ1) is 18.5. The monoisotopic (exact) mass is 389 g/mol. The van der Waals surface area contributed by atoms with E-state index in [1.54, 1.807) is 0 Å². The number of carboxylic acid groups (broad SMARTS) is 1. The normalized spacial score (nSPS) is 10.4. The molecule has 138 valence electrons. The highest BCUT2D eigenvalue weighted by atomic mass is 32.1. The number of aromatic carboxylic acids is 1. The number of nitrogens with one attached hydrogen (secondary N) is 1. The number of carbonyl (C=O) groups excluding carboxylic acids is 1. The maximum atomic E-state index is 13.7. The van der Waals surface area contributed by atoms with Gasteiger partial charge in [-0.05, 0) is 41.8 Å². The zero-order valence-corrected chi connectivity index (χ0v) is 14.6. The Labute approximate surface area is 156 Å². The summed E-state index contributed by atoms with van der Waals surface area (Å²) < 4.78 is 32.2. The number of carboxylic acids is 1. The van der Waals surface area contributed by atoms with E-state index in [-0.39, 0.29) is 17.9 Å². The maximum Gasteiger partial charge on any atom is 0.337 e.